The van der Waals surface area contributed by atoms with Crippen LogP contribution in [0.2, 0.25) is 0 Å². The molecule has 0 bridgehead atoms. The maximum atomic E-state index is 12.9. The summed E-state index contributed by atoms with van der Waals surface area (Å²) in [5.74, 6) is -1.87. The second-order valence-corrected chi connectivity index (χ2v) is 10.7. The fraction of sp³-hybridized carbons (Fsp3) is 0.440. The first-order chi connectivity index (χ1) is 17.8. The summed E-state index contributed by atoms with van der Waals surface area (Å²) < 4.78 is 70.3. The largest absolute Gasteiger partial charge is 0.493 e. The summed E-state index contributed by atoms with van der Waals surface area (Å²) in [7, 11) is -0.853. The number of anilines is 1. The number of methoxy groups -OCH3 is 2. The molecule has 0 aliphatic heterocycles. The van der Waals surface area contributed by atoms with E-state index in [9.17, 15) is 26.4 Å². The van der Waals surface area contributed by atoms with Crippen LogP contribution in [0.1, 0.15) is 44.1 Å². The molecule has 13 heteroatoms. The molecule has 208 valence electrons. The van der Waals surface area contributed by atoms with Crippen molar-refractivity contribution < 1.29 is 45.8 Å². The second-order valence-electron chi connectivity index (χ2n) is 9.04. The summed E-state index contributed by atoms with van der Waals surface area (Å²) in [6, 6.07) is 11.8. The van der Waals surface area contributed by atoms with E-state index in [2.05, 4.69) is 10.0 Å². The number of halogens is 3. The molecule has 0 saturated heterocycles. The van der Waals surface area contributed by atoms with Gasteiger partial charge in [-0.2, -0.15) is 13.2 Å². The number of carbonyl (C=O) groups is 2. The highest BCUT2D eigenvalue weighted by molar-refractivity contribution is 7.92. The van der Waals surface area contributed by atoms with Crippen molar-refractivity contribution in [2.45, 2.75) is 61.1 Å². The lowest BCUT2D eigenvalue weighted by molar-refractivity contribution is -0.192. The monoisotopic (exact) mass is 558 g/mol. The number of alkyl halides is 3. The number of aliphatic carboxylic acids is 1. The minimum Gasteiger partial charge on any atom is -0.493 e. The minimum atomic E-state index is -5.08. The molecule has 38 heavy (non-hydrogen) atoms. The predicted octanol–water partition coefficient (Wildman–Crippen LogP) is 4.23. The third kappa shape index (κ3) is 6.88. The highest BCUT2D eigenvalue weighted by Gasteiger charge is 2.51. The van der Waals surface area contributed by atoms with Crippen molar-refractivity contribution in [1.82, 2.24) is 5.32 Å². The van der Waals surface area contributed by atoms with Gasteiger partial charge in [0.15, 0.2) is 11.5 Å². The zero-order valence-corrected chi connectivity index (χ0v) is 21.6. The van der Waals surface area contributed by atoms with E-state index >= 15 is 0 Å². The first-order valence-electron chi connectivity index (χ1n) is 11.8. The first kappa shape index (κ1) is 29.1. The van der Waals surface area contributed by atoms with Crippen LogP contribution in [0.25, 0.3) is 0 Å². The molecule has 0 atom stereocenters. The fourth-order valence-corrected chi connectivity index (χ4v) is 5.29. The smallest absolute Gasteiger partial charge is 0.490 e. The van der Waals surface area contributed by atoms with Gasteiger partial charge < -0.3 is 19.9 Å². The Balaban J connectivity index is 0.000000505. The second kappa shape index (κ2) is 11.5. The van der Waals surface area contributed by atoms with Crippen molar-refractivity contribution in [2.75, 3.05) is 18.9 Å². The molecule has 0 radical (unpaired) electrons. The normalized spacial score (nSPS) is 16.6. The van der Waals surface area contributed by atoms with E-state index in [0.29, 0.717) is 17.2 Å². The molecular weight excluding hydrogens is 529 g/mol. The van der Waals surface area contributed by atoms with E-state index in [0.717, 1.165) is 31.2 Å². The van der Waals surface area contributed by atoms with Crippen LogP contribution >= 0.6 is 0 Å². The predicted molar refractivity (Wildman–Crippen MR) is 132 cm³/mol. The van der Waals surface area contributed by atoms with Gasteiger partial charge in [-0.05, 0) is 55.5 Å². The molecule has 9 nitrogen and oxygen atoms in total. The summed E-state index contributed by atoms with van der Waals surface area (Å²) in [6.07, 6.45) is 1.02. The average molecular weight is 559 g/mol. The van der Waals surface area contributed by atoms with Crippen molar-refractivity contribution in [3.8, 4) is 11.5 Å². The molecular formula is C25H29F3N2O7S. The van der Waals surface area contributed by atoms with E-state index < -0.39 is 27.6 Å². The van der Waals surface area contributed by atoms with Gasteiger partial charge in [0.05, 0.1) is 24.5 Å². The molecule has 0 spiro atoms. The quantitative estimate of drug-likeness (QED) is 0.442. The number of amides is 1. The number of carboxylic acids is 1. The van der Waals surface area contributed by atoms with Gasteiger partial charge in [0, 0.05) is 17.8 Å². The molecule has 2 fully saturated rings. The van der Waals surface area contributed by atoms with Gasteiger partial charge in [-0.1, -0.05) is 25.0 Å². The number of hydrogen-bond acceptors (Lipinski definition) is 6. The zero-order valence-electron chi connectivity index (χ0n) is 20.8. The van der Waals surface area contributed by atoms with E-state index in [1.54, 1.807) is 18.2 Å². The van der Waals surface area contributed by atoms with Gasteiger partial charge in [0.1, 0.15) is 0 Å². The summed E-state index contributed by atoms with van der Waals surface area (Å²) in [5.41, 5.74) is 0.895. The van der Waals surface area contributed by atoms with Crippen molar-refractivity contribution in [1.29, 1.82) is 0 Å². The molecule has 0 aromatic heterocycles. The molecule has 2 aromatic carbocycles. The number of ether oxygens (including phenoxy) is 2. The van der Waals surface area contributed by atoms with Gasteiger partial charge >= 0.3 is 12.1 Å². The number of carbonyl (C=O) groups excluding carboxylic acids is 1. The maximum absolute atomic E-state index is 12.9. The van der Waals surface area contributed by atoms with Crippen LogP contribution in [-0.2, 0) is 25.0 Å². The Kier molecular flexibility index (Phi) is 8.80. The molecule has 3 N–H and O–H groups in total. The number of rotatable bonds is 8. The number of carboxylic acid groups (broad SMARTS) is 1. The van der Waals surface area contributed by atoms with Crippen LogP contribution in [-0.4, -0.2) is 51.8 Å². The average Bonchev–Trinajstić information content (AvgIpc) is 3.53. The number of hydrogen-bond donors (Lipinski definition) is 3. The Hall–Kier alpha value is -3.48. The van der Waals surface area contributed by atoms with Crippen LogP contribution in [0.15, 0.2) is 47.4 Å². The first-order valence-corrected chi connectivity index (χ1v) is 13.3. The van der Waals surface area contributed by atoms with Gasteiger partial charge in [-0.25, -0.2) is 13.2 Å². The van der Waals surface area contributed by atoms with E-state index in [1.165, 1.54) is 39.2 Å². The molecule has 4 rings (SSSR count). The fourth-order valence-electron chi connectivity index (χ4n) is 4.22. The third-order valence-corrected chi connectivity index (χ3v) is 7.85. The molecule has 0 unspecified atom stereocenters. The van der Waals surface area contributed by atoms with Crippen molar-refractivity contribution in [3.63, 3.8) is 0 Å². The van der Waals surface area contributed by atoms with Crippen LogP contribution in [0.4, 0.5) is 18.9 Å². The summed E-state index contributed by atoms with van der Waals surface area (Å²) in [6.45, 7) is 0. The number of sulfonamides is 1. The minimum absolute atomic E-state index is 0.0730. The van der Waals surface area contributed by atoms with E-state index in [4.69, 9.17) is 19.4 Å². The molecule has 2 saturated carbocycles. The van der Waals surface area contributed by atoms with Crippen LogP contribution < -0.4 is 19.5 Å². The van der Waals surface area contributed by atoms with Crippen molar-refractivity contribution in [2.24, 2.45) is 0 Å². The lowest BCUT2D eigenvalue weighted by atomic mass is 9.94. The topological polar surface area (TPSA) is 131 Å². The van der Waals surface area contributed by atoms with Gasteiger partial charge in [0.25, 0.3) is 10.0 Å². The van der Waals surface area contributed by atoms with Gasteiger partial charge in [0.2, 0.25) is 5.91 Å². The molecule has 1 amide bonds. The summed E-state index contributed by atoms with van der Waals surface area (Å²) >= 11 is 0. The Morgan fingerprint density at radius 1 is 0.974 bits per heavy atom. The lowest BCUT2D eigenvalue weighted by Gasteiger charge is -2.20. The van der Waals surface area contributed by atoms with Gasteiger partial charge in [-0.15, -0.1) is 0 Å². The Morgan fingerprint density at radius 2 is 1.53 bits per heavy atom. The van der Waals surface area contributed by atoms with Crippen LogP contribution in [0.3, 0.4) is 0 Å². The Bertz CT molecular complexity index is 1250. The SMILES string of the molecule is COc1ccc(S(=O)(=O)Nc2ccc(C3(C(=O)NC4CCCC4)CC3)cc2)cc1OC.O=C(O)C(F)(F)F. The van der Waals surface area contributed by atoms with Crippen molar-refractivity contribution >= 4 is 27.6 Å². The summed E-state index contributed by atoms with van der Waals surface area (Å²) in [5, 5.41) is 10.3. The molecule has 2 aromatic rings. The zero-order chi connectivity index (χ0) is 28.1. The molecule has 0 heterocycles. The Morgan fingerprint density at radius 3 is 2.00 bits per heavy atom. The van der Waals surface area contributed by atoms with Crippen molar-refractivity contribution in [3.05, 3.63) is 48.0 Å². The third-order valence-electron chi connectivity index (χ3n) is 6.47. The molecule has 2 aliphatic rings. The number of nitrogens with one attached hydrogen (secondary N) is 2. The molecule has 2 aliphatic carbocycles. The Labute approximate surface area is 218 Å². The highest BCUT2D eigenvalue weighted by Crippen LogP contribution is 2.49. The standard InChI is InChI=1S/C23H28N2O5S.C2HF3O2/c1-29-20-12-11-19(15-21(20)30-2)31(27,28)25-18-9-7-16(8-10-18)23(13-14-23)22(26)24-17-5-3-4-6-17;3-2(4,5)1(6)7/h7-12,15,17,25H,3-6,13-14H2,1-2H3,(H,24,26);(H,6,7). The van der Waals surface area contributed by atoms with Crippen LogP contribution in [0, 0.1) is 0 Å². The summed E-state index contributed by atoms with van der Waals surface area (Å²) in [4.78, 5) is 21.8. The van der Waals surface area contributed by atoms with E-state index in [-0.39, 0.29) is 16.8 Å². The van der Waals surface area contributed by atoms with Gasteiger partial charge in [-0.3, -0.25) is 9.52 Å². The maximum Gasteiger partial charge on any atom is 0.490 e. The number of benzene rings is 2. The lowest BCUT2D eigenvalue weighted by Crippen LogP contribution is -2.40. The van der Waals surface area contributed by atoms with Crippen LogP contribution in [0.5, 0.6) is 11.5 Å². The highest BCUT2D eigenvalue weighted by atomic mass is 32.2. The van der Waals surface area contributed by atoms with E-state index in [1.807, 2.05) is 12.1 Å².